The molecular weight excluding hydrogens is 745 g/mol. The Balaban J connectivity index is 4.21. The van der Waals surface area contributed by atoms with Gasteiger partial charge in [0, 0.05) is 19.3 Å². The molecule has 0 aromatic heterocycles. The van der Waals surface area contributed by atoms with Crippen molar-refractivity contribution in [1.82, 2.24) is 0 Å². The van der Waals surface area contributed by atoms with Crippen molar-refractivity contribution in [2.75, 3.05) is 13.2 Å². The first kappa shape index (κ1) is 58.4. The van der Waals surface area contributed by atoms with Crippen LogP contribution >= 0.6 is 0 Å². The lowest BCUT2D eigenvalue weighted by Crippen LogP contribution is -2.30. The molecule has 0 heterocycles. The van der Waals surface area contributed by atoms with E-state index in [0.717, 1.165) is 63.7 Å². The Bertz CT molecular complexity index is 903. The van der Waals surface area contributed by atoms with E-state index in [-0.39, 0.29) is 31.1 Å². The van der Waals surface area contributed by atoms with Gasteiger partial charge in [0.15, 0.2) is 6.10 Å². The monoisotopic (exact) mass is 849 g/mol. The molecule has 0 aromatic rings. The van der Waals surface area contributed by atoms with E-state index >= 15 is 0 Å². The zero-order valence-corrected chi connectivity index (χ0v) is 40.9. The summed E-state index contributed by atoms with van der Waals surface area (Å²) < 4.78 is 16.8. The van der Waals surface area contributed by atoms with Crippen LogP contribution in [0, 0.1) is 5.92 Å². The van der Waals surface area contributed by atoms with Crippen molar-refractivity contribution in [2.45, 2.75) is 310 Å². The topological polar surface area (TPSA) is 78.9 Å². The highest BCUT2D eigenvalue weighted by Gasteiger charge is 2.19. The van der Waals surface area contributed by atoms with Crippen molar-refractivity contribution in [1.29, 1.82) is 0 Å². The summed E-state index contributed by atoms with van der Waals surface area (Å²) in [6.07, 6.45) is 50.9. The zero-order valence-electron chi connectivity index (χ0n) is 40.9. The Hall–Kier alpha value is -1.59. The second-order valence-corrected chi connectivity index (χ2v) is 19.0. The third-order valence-corrected chi connectivity index (χ3v) is 12.3. The minimum absolute atomic E-state index is 0.0624. The van der Waals surface area contributed by atoms with E-state index in [4.69, 9.17) is 14.2 Å². The zero-order chi connectivity index (χ0) is 43.8. The van der Waals surface area contributed by atoms with Crippen molar-refractivity contribution in [3.05, 3.63) is 0 Å². The van der Waals surface area contributed by atoms with E-state index in [2.05, 4.69) is 27.7 Å². The maximum Gasteiger partial charge on any atom is 0.306 e. The van der Waals surface area contributed by atoms with E-state index in [0.29, 0.717) is 19.3 Å². The molecule has 6 nitrogen and oxygen atoms in total. The molecule has 0 saturated carbocycles. The second kappa shape index (κ2) is 48.4. The van der Waals surface area contributed by atoms with Gasteiger partial charge >= 0.3 is 17.9 Å². The van der Waals surface area contributed by atoms with Gasteiger partial charge in [0.1, 0.15) is 13.2 Å². The molecule has 0 fully saturated rings. The average molecular weight is 849 g/mol. The van der Waals surface area contributed by atoms with Crippen molar-refractivity contribution in [2.24, 2.45) is 5.92 Å². The summed E-state index contributed by atoms with van der Waals surface area (Å²) in [6.45, 7) is 9.03. The number of esters is 3. The Morgan fingerprint density at radius 3 is 0.817 bits per heavy atom. The van der Waals surface area contributed by atoms with Gasteiger partial charge in [-0.3, -0.25) is 14.4 Å². The number of ether oxygens (including phenoxy) is 3. The highest BCUT2D eigenvalue weighted by Crippen LogP contribution is 2.17. The van der Waals surface area contributed by atoms with Gasteiger partial charge in [-0.25, -0.2) is 0 Å². The second-order valence-electron chi connectivity index (χ2n) is 19.0. The molecule has 0 aliphatic rings. The lowest BCUT2D eigenvalue weighted by Gasteiger charge is -2.18. The Morgan fingerprint density at radius 2 is 0.550 bits per heavy atom. The fraction of sp³-hybridized carbons (Fsp3) is 0.944. The maximum absolute atomic E-state index is 12.8. The summed E-state index contributed by atoms with van der Waals surface area (Å²) >= 11 is 0. The molecule has 0 aliphatic heterocycles. The van der Waals surface area contributed by atoms with Gasteiger partial charge in [0.25, 0.3) is 0 Å². The first-order valence-corrected chi connectivity index (χ1v) is 26.9. The molecule has 0 unspecified atom stereocenters. The maximum atomic E-state index is 12.8. The molecular formula is C54H104O6. The van der Waals surface area contributed by atoms with Gasteiger partial charge < -0.3 is 14.2 Å². The molecule has 0 aliphatic carbocycles. The van der Waals surface area contributed by atoms with E-state index in [1.54, 1.807) is 0 Å². The number of hydrogen-bond donors (Lipinski definition) is 0. The van der Waals surface area contributed by atoms with Gasteiger partial charge in [-0.15, -0.1) is 0 Å². The summed E-state index contributed by atoms with van der Waals surface area (Å²) in [6, 6.07) is 0. The molecule has 1 atom stereocenters. The van der Waals surface area contributed by atoms with Crippen molar-refractivity contribution in [3.63, 3.8) is 0 Å². The quantitative estimate of drug-likeness (QED) is 0.0345. The number of carbonyl (C=O) groups excluding carboxylic acids is 3. The van der Waals surface area contributed by atoms with Gasteiger partial charge in [-0.05, 0) is 25.2 Å². The van der Waals surface area contributed by atoms with Gasteiger partial charge in [-0.2, -0.15) is 0 Å². The minimum Gasteiger partial charge on any atom is -0.462 e. The summed E-state index contributed by atoms with van der Waals surface area (Å²) in [5, 5.41) is 0. The minimum atomic E-state index is -0.760. The standard InChI is InChI=1S/C54H104O6/c1-5-7-9-11-13-15-16-17-23-27-31-35-39-43-47-54(57)60-51(48-58-52(55)45-41-37-33-28-14-12-10-8-6-2)49-59-53(56)46-42-38-34-30-26-24-21-19-18-20-22-25-29-32-36-40-44-50(3)4/h50-51H,5-49H2,1-4H3/t51-/m0/s1. The van der Waals surface area contributed by atoms with Crippen LogP contribution in [-0.4, -0.2) is 37.2 Å². The van der Waals surface area contributed by atoms with Gasteiger partial charge in [0.05, 0.1) is 0 Å². The molecule has 0 N–H and O–H groups in total. The Morgan fingerprint density at radius 1 is 0.317 bits per heavy atom. The highest BCUT2D eigenvalue weighted by atomic mass is 16.6. The molecule has 0 saturated heterocycles. The normalized spacial score (nSPS) is 11.9. The smallest absolute Gasteiger partial charge is 0.306 e. The highest BCUT2D eigenvalue weighted by molar-refractivity contribution is 5.71. The first-order chi connectivity index (χ1) is 29.4. The molecule has 60 heavy (non-hydrogen) atoms. The molecule has 0 aromatic carbocycles. The van der Waals surface area contributed by atoms with Crippen LogP contribution in [0.3, 0.4) is 0 Å². The Labute approximate surface area is 374 Å². The molecule has 356 valence electrons. The number of carbonyl (C=O) groups is 3. The van der Waals surface area contributed by atoms with Crippen molar-refractivity contribution in [3.8, 4) is 0 Å². The van der Waals surface area contributed by atoms with Crippen molar-refractivity contribution < 1.29 is 28.6 Å². The molecule has 0 amide bonds. The number of rotatable bonds is 49. The Kier molecular flexibility index (Phi) is 47.2. The van der Waals surface area contributed by atoms with Crippen molar-refractivity contribution >= 4 is 17.9 Å². The van der Waals surface area contributed by atoms with Crippen LogP contribution in [0.25, 0.3) is 0 Å². The van der Waals surface area contributed by atoms with Crippen LogP contribution in [0.2, 0.25) is 0 Å². The van der Waals surface area contributed by atoms with Gasteiger partial charge in [0.2, 0.25) is 0 Å². The molecule has 0 bridgehead atoms. The largest absolute Gasteiger partial charge is 0.462 e. The first-order valence-electron chi connectivity index (χ1n) is 26.9. The summed E-state index contributed by atoms with van der Waals surface area (Å²) in [4.78, 5) is 37.9. The molecule has 0 rings (SSSR count). The van der Waals surface area contributed by atoms with E-state index < -0.39 is 6.10 Å². The van der Waals surface area contributed by atoms with E-state index in [1.807, 2.05) is 0 Å². The lowest BCUT2D eigenvalue weighted by molar-refractivity contribution is -0.167. The SMILES string of the molecule is CCCCCCCCCCCCCCCCC(=O)O[C@@H](COC(=O)CCCCCCCCCCC)COC(=O)CCCCCCCCCCCCCCCCCCC(C)C. The third-order valence-electron chi connectivity index (χ3n) is 12.3. The summed E-state index contributed by atoms with van der Waals surface area (Å²) in [5.41, 5.74) is 0. The molecule has 0 radical (unpaired) electrons. The number of unbranched alkanes of at least 4 members (excludes halogenated alkanes) is 36. The van der Waals surface area contributed by atoms with E-state index in [1.165, 1.54) is 199 Å². The predicted molar refractivity (Wildman–Crippen MR) is 257 cm³/mol. The van der Waals surface area contributed by atoms with E-state index in [9.17, 15) is 14.4 Å². The van der Waals surface area contributed by atoms with Crippen LogP contribution in [0.1, 0.15) is 304 Å². The fourth-order valence-corrected chi connectivity index (χ4v) is 8.22. The van der Waals surface area contributed by atoms with Crippen LogP contribution in [0.5, 0.6) is 0 Å². The molecule has 0 spiro atoms. The summed E-state index contributed by atoms with van der Waals surface area (Å²) in [7, 11) is 0. The summed E-state index contributed by atoms with van der Waals surface area (Å²) in [5.74, 6) is 0.00912. The van der Waals surface area contributed by atoms with Gasteiger partial charge in [-0.1, -0.05) is 265 Å². The average Bonchev–Trinajstić information content (AvgIpc) is 3.23. The van der Waals surface area contributed by atoms with Crippen LogP contribution < -0.4 is 0 Å². The fourth-order valence-electron chi connectivity index (χ4n) is 8.22. The van der Waals surface area contributed by atoms with Crippen LogP contribution in [0.15, 0.2) is 0 Å². The molecule has 6 heteroatoms. The predicted octanol–water partition coefficient (Wildman–Crippen LogP) is 17.5. The number of hydrogen-bond acceptors (Lipinski definition) is 6. The van der Waals surface area contributed by atoms with Crippen LogP contribution in [0.4, 0.5) is 0 Å². The van der Waals surface area contributed by atoms with Crippen LogP contribution in [-0.2, 0) is 28.6 Å². The third kappa shape index (κ3) is 47.5. The lowest BCUT2D eigenvalue weighted by atomic mass is 10.0.